The van der Waals surface area contributed by atoms with Crippen molar-refractivity contribution in [2.75, 3.05) is 32.7 Å². The summed E-state index contributed by atoms with van der Waals surface area (Å²) in [6.07, 6.45) is 0. The van der Waals surface area contributed by atoms with Crippen molar-refractivity contribution in [1.29, 1.82) is 0 Å². The van der Waals surface area contributed by atoms with Crippen LogP contribution < -0.4 is 5.32 Å². The molecule has 9 heteroatoms. The van der Waals surface area contributed by atoms with Gasteiger partial charge < -0.3 is 10.2 Å². The Morgan fingerprint density at radius 2 is 1.78 bits per heavy atom. The van der Waals surface area contributed by atoms with E-state index in [1.807, 2.05) is 24.3 Å². The molecule has 4 rings (SSSR count). The molecule has 1 N–H and O–H groups in total. The molecule has 0 aromatic heterocycles. The van der Waals surface area contributed by atoms with Crippen LogP contribution in [0.5, 0.6) is 0 Å². The summed E-state index contributed by atoms with van der Waals surface area (Å²) in [4.78, 5) is 43.1. The third kappa shape index (κ3) is 4.47. The van der Waals surface area contributed by atoms with Gasteiger partial charge in [-0.05, 0) is 42.3 Å². The Morgan fingerprint density at radius 3 is 2.44 bits per heavy atom. The van der Waals surface area contributed by atoms with Crippen LogP contribution in [0.3, 0.4) is 0 Å². The number of nitrogens with zero attached hydrogens (tertiary/aromatic N) is 3. The minimum Gasteiger partial charge on any atom is -0.339 e. The molecule has 0 aliphatic carbocycles. The van der Waals surface area contributed by atoms with Crippen molar-refractivity contribution in [3.05, 3.63) is 70.5 Å². The number of urea groups is 1. The van der Waals surface area contributed by atoms with Gasteiger partial charge in [0, 0.05) is 37.7 Å². The van der Waals surface area contributed by atoms with E-state index in [0.29, 0.717) is 36.8 Å². The van der Waals surface area contributed by atoms with Gasteiger partial charge in [-0.2, -0.15) is 0 Å². The molecule has 2 saturated heterocycles. The van der Waals surface area contributed by atoms with E-state index in [4.69, 9.17) is 11.6 Å². The highest BCUT2D eigenvalue weighted by molar-refractivity contribution is 6.30. The Balaban J connectivity index is 1.34. The zero-order chi connectivity index (χ0) is 22.9. The molecule has 0 saturated carbocycles. The Hall–Kier alpha value is -2.97. The maximum atomic E-state index is 13.3. The number of carbonyl (C=O) groups is 3. The average Bonchev–Trinajstić information content (AvgIpc) is 2.98. The second kappa shape index (κ2) is 8.88. The molecule has 0 bridgehead atoms. The summed E-state index contributed by atoms with van der Waals surface area (Å²) in [6.45, 7) is 4.37. The Labute approximate surface area is 190 Å². The predicted octanol–water partition coefficient (Wildman–Crippen LogP) is 2.59. The van der Waals surface area contributed by atoms with Gasteiger partial charge in [-0.1, -0.05) is 35.9 Å². The maximum absolute atomic E-state index is 13.3. The molecule has 2 fully saturated rings. The highest BCUT2D eigenvalue weighted by Gasteiger charge is 2.49. The fraction of sp³-hybridized carbons (Fsp3) is 0.348. The smallest absolute Gasteiger partial charge is 0.325 e. The zero-order valence-corrected chi connectivity index (χ0v) is 18.4. The van der Waals surface area contributed by atoms with Crippen molar-refractivity contribution < 1.29 is 18.8 Å². The molecule has 2 heterocycles. The average molecular weight is 459 g/mol. The predicted molar refractivity (Wildman–Crippen MR) is 117 cm³/mol. The molecule has 2 aromatic rings. The lowest BCUT2D eigenvalue weighted by Crippen LogP contribution is -2.51. The largest absolute Gasteiger partial charge is 0.339 e. The number of rotatable bonds is 5. The molecular formula is C23H24ClFN4O3. The van der Waals surface area contributed by atoms with E-state index in [9.17, 15) is 18.8 Å². The van der Waals surface area contributed by atoms with Crippen molar-refractivity contribution >= 4 is 29.4 Å². The van der Waals surface area contributed by atoms with E-state index in [1.165, 1.54) is 24.3 Å². The van der Waals surface area contributed by atoms with E-state index in [-0.39, 0.29) is 12.5 Å². The fourth-order valence-corrected chi connectivity index (χ4v) is 4.32. The lowest BCUT2D eigenvalue weighted by Gasteiger charge is -2.35. The van der Waals surface area contributed by atoms with Crippen LogP contribution in [0.1, 0.15) is 18.1 Å². The number of amides is 4. The minimum absolute atomic E-state index is 0.278. The normalized spacial score (nSPS) is 21.7. The van der Waals surface area contributed by atoms with E-state index in [2.05, 4.69) is 10.2 Å². The molecule has 1 unspecified atom stereocenters. The van der Waals surface area contributed by atoms with Gasteiger partial charge in [-0.3, -0.25) is 19.4 Å². The van der Waals surface area contributed by atoms with Crippen molar-refractivity contribution in [1.82, 2.24) is 20.0 Å². The fourth-order valence-electron chi connectivity index (χ4n) is 4.10. The first-order valence-electron chi connectivity index (χ1n) is 10.4. The molecule has 32 heavy (non-hydrogen) atoms. The van der Waals surface area contributed by atoms with Crippen molar-refractivity contribution in [2.24, 2.45) is 0 Å². The van der Waals surface area contributed by atoms with Crippen LogP contribution in [0.15, 0.2) is 48.5 Å². The van der Waals surface area contributed by atoms with E-state index in [1.54, 1.807) is 11.8 Å². The summed E-state index contributed by atoms with van der Waals surface area (Å²) in [5.74, 6) is -1.24. The molecule has 1 atom stereocenters. The van der Waals surface area contributed by atoms with Gasteiger partial charge in [0.1, 0.15) is 17.9 Å². The maximum Gasteiger partial charge on any atom is 0.325 e. The molecule has 2 aromatic carbocycles. The van der Waals surface area contributed by atoms with Crippen LogP contribution in [0.2, 0.25) is 5.02 Å². The van der Waals surface area contributed by atoms with E-state index >= 15 is 0 Å². The number of halogens is 2. The highest BCUT2D eigenvalue weighted by Crippen LogP contribution is 2.29. The second-order valence-corrected chi connectivity index (χ2v) is 8.68. The van der Waals surface area contributed by atoms with Crippen LogP contribution in [0.25, 0.3) is 0 Å². The van der Waals surface area contributed by atoms with Crippen LogP contribution in [0, 0.1) is 5.82 Å². The van der Waals surface area contributed by atoms with E-state index in [0.717, 1.165) is 17.0 Å². The minimum atomic E-state index is -1.33. The molecule has 2 aliphatic rings. The highest BCUT2D eigenvalue weighted by atomic mass is 35.5. The molecule has 7 nitrogen and oxygen atoms in total. The third-order valence-electron chi connectivity index (χ3n) is 6.01. The molecule has 0 spiro atoms. The Bertz CT molecular complexity index is 1040. The van der Waals surface area contributed by atoms with Crippen molar-refractivity contribution in [3.63, 3.8) is 0 Å². The summed E-state index contributed by atoms with van der Waals surface area (Å²) in [5, 5.41) is 3.33. The monoisotopic (exact) mass is 458 g/mol. The van der Waals surface area contributed by atoms with E-state index < -0.39 is 23.3 Å². The Kier molecular flexibility index (Phi) is 6.17. The van der Waals surface area contributed by atoms with Gasteiger partial charge in [0.25, 0.3) is 5.91 Å². The molecule has 0 radical (unpaired) electrons. The summed E-state index contributed by atoms with van der Waals surface area (Å²) in [5.41, 5.74) is 0.235. The van der Waals surface area contributed by atoms with Gasteiger partial charge in [-0.25, -0.2) is 9.18 Å². The summed E-state index contributed by atoms with van der Waals surface area (Å²) in [7, 11) is 0. The molecular weight excluding hydrogens is 435 g/mol. The van der Waals surface area contributed by atoms with Crippen molar-refractivity contribution in [3.8, 4) is 0 Å². The molecule has 4 amide bonds. The van der Waals surface area contributed by atoms with Gasteiger partial charge >= 0.3 is 6.03 Å². The number of carbonyl (C=O) groups excluding carboxylic acids is 3. The van der Waals surface area contributed by atoms with Crippen LogP contribution in [-0.4, -0.2) is 65.3 Å². The first-order valence-corrected chi connectivity index (χ1v) is 10.8. The Morgan fingerprint density at radius 1 is 1.09 bits per heavy atom. The van der Waals surface area contributed by atoms with Crippen LogP contribution in [0.4, 0.5) is 9.18 Å². The summed E-state index contributed by atoms with van der Waals surface area (Å²) in [6, 6.07) is 12.4. The van der Waals surface area contributed by atoms with Gasteiger partial charge in [-0.15, -0.1) is 0 Å². The zero-order valence-electron chi connectivity index (χ0n) is 17.7. The van der Waals surface area contributed by atoms with Gasteiger partial charge in [0.05, 0.1) is 0 Å². The van der Waals surface area contributed by atoms with Crippen molar-refractivity contribution in [2.45, 2.75) is 19.0 Å². The quantitative estimate of drug-likeness (QED) is 0.699. The number of benzene rings is 2. The number of imide groups is 1. The standard InChI is InChI=1S/C23H24ClFN4O3/c1-23(17-5-7-19(25)8-6-17)21(31)29(22(32)26-23)15-20(30)28-11-9-27(10-12-28)14-16-3-2-4-18(24)13-16/h2-8,13H,9-12,14-15H2,1H3,(H,26,32). The lowest BCUT2D eigenvalue weighted by atomic mass is 9.92. The molecule has 168 valence electrons. The topological polar surface area (TPSA) is 73.0 Å². The van der Waals surface area contributed by atoms with Gasteiger partial charge in [0.2, 0.25) is 5.91 Å². The number of piperazine rings is 1. The number of hydrogen-bond acceptors (Lipinski definition) is 4. The number of nitrogens with one attached hydrogen (secondary N) is 1. The lowest BCUT2D eigenvalue weighted by molar-refractivity contribution is -0.139. The number of hydrogen-bond donors (Lipinski definition) is 1. The SMILES string of the molecule is CC1(c2ccc(F)cc2)NC(=O)N(CC(=O)N2CCN(Cc3cccc(Cl)c3)CC2)C1=O. The van der Waals surface area contributed by atoms with Crippen LogP contribution in [-0.2, 0) is 21.7 Å². The first kappa shape index (κ1) is 22.2. The summed E-state index contributed by atoms with van der Waals surface area (Å²) < 4.78 is 13.3. The second-order valence-electron chi connectivity index (χ2n) is 8.24. The third-order valence-corrected chi connectivity index (χ3v) is 6.25. The molecule has 2 aliphatic heterocycles. The van der Waals surface area contributed by atoms with Gasteiger partial charge in [0.15, 0.2) is 0 Å². The van der Waals surface area contributed by atoms with Crippen LogP contribution >= 0.6 is 11.6 Å². The summed E-state index contributed by atoms with van der Waals surface area (Å²) >= 11 is 6.05. The first-order chi connectivity index (χ1) is 15.3.